The molecule has 5 saturated carbocycles. The van der Waals surface area contributed by atoms with Crippen LogP contribution in [0, 0.1) is 33.5 Å². The van der Waals surface area contributed by atoms with Crippen LogP contribution in [0.3, 0.4) is 0 Å². The van der Waals surface area contributed by atoms with E-state index in [-0.39, 0.29) is 6.10 Å². The fourth-order valence-electron chi connectivity index (χ4n) is 7.23. The lowest BCUT2D eigenvalue weighted by molar-refractivity contribution is -0.0567. The molecule has 0 aromatic heterocycles. The summed E-state index contributed by atoms with van der Waals surface area (Å²) in [7, 11) is 0. The van der Waals surface area contributed by atoms with Gasteiger partial charge in [0.25, 0.3) is 0 Å². The summed E-state index contributed by atoms with van der Waals surface area (Å²) in [6.07, 6.45) is 5.09. The molecule has 0 radical (unpaired) electrons. The van der Waals surface area contributed by atoms with Crippen LogP contribution in [0.4, 0.5) is 0 Å². The van der Waals surface area contributed by atoms with Gasteiger partial charge >= 0.3 is 0 Å². The van der Waals surface area contributed by atoms with Crippen molar-refractivity contribution in [3.8, 4) is 0 Å². The molecule has 0 amide bonds. The Bertz CT molecular complexity index is 383. The Morgan fingerprint density at radius 1 is 1.12 bits per heavy atom. The van der Waals surface area contributed by atoms with E-state index in [0.29, 0.717) is 21.7 Å². The Balaban J connectivity index is 1.96. The molecule has 0 heterocycles. The molecule has 5 unspecified atom stereocenters. The summed E-state index contributed by atoms with van der Waals surface area (Å²) in [4.78, 5) is 0. The molecule has 16 heavy (non-hydrogen) atoms. The summed E-state index contributed by atoms with van der Waals surface area (Å²) in [6.45, 7) is 9.82. The Kier molecular flexibility index (Phi) is 1.33. The third-order valence-electron chi connectivity index (χ3n) is 7.75. The fraction of sp³-hybridized carbons (Fsp3) is 1.00. The molecule has 1 heteroatoms. The van der Waals surface area contributed by atoms with E-state index in [1.54, 1.807) is 0 Å². The predicted octanol–water partition coefficient (Wildman–Crippen LogP) is 3.22. The zero-order chi connectivity index (χ0) is 11.6. The number of aliphatic hydroxyl groups excluding tert-OH is 1. The quantitative estimate of drug-likeness (QED) is 0.664. The van der Waals surface area contributed by atoms with Crippen LogP contribution < -0.4 is 0 Å². The van der Waals surface area contributed by atoms with Gasteiger partial charge in [0, 0.05) is 5.41 Å². The average molecular weight is 220 g/mol. The van der Waals surface area contributed by atoms with E-state index in [1.165, 1.54) is 19.3 Å². The van der Waals surface area contributed by atoms with Crippen LogP contribution in [0.5, 0.6) is 0 Å². The largest absolute Gasteiger partial charge is 0.392 e. The molecule has 0 aromatic rings. The van der Waals surface area contributed by atoms with Crippen molar-refractivity contribution >= 4 is 0 Å². The van der Waals surface area contributed by atoms with Crippen LogP contribution in [0.15, 0.2) is 0 Å². The third-order valence-corrected chi connectivity index (χ3v) is 7.75. The second-order valence-corrected chi connectivity index (χ2v) is 8.19. The van der Waals surface area contributed by atoms with Crippen molar-refractivity contribution in [3.63, 3.8) is 0 Å². The molecule has 0 aliphatic heterocycles. The van der Waals surface area contributed by atoms with Crippen molar-refractivity contribution in [1.82, 2.24) is 0 Å². The van der Waals surface area contributed by atoms with Gasteiger partial charge in [-0.25, -0.2) is 0 Å². The van der Waals surface area contributed by atoms with Gasteiger partial charge in [0.2, 0.25) is 0 Å². The number of hydrogen-bond acceptors (Lipinski definition) is 1. The minimum Gasteiger partial charge on any atom is -0.392 e. The molecule has 90 valence electrons. The lowest BCUT2D eigenvalue weighted by atomic mass is 9.60. The summed E-state index contributed by atoms with van der Waals surface area (Å²) in [5.41, 5.74) is 1.70. The zero-order valence-electron chi connectivity index (χ0n) is 11.0. The summed E-state index contributed by atoms with van der Waals surface area (Å²) in [6, 6.07) is 0. The molecule has 2 spiro atoms. The lowest BCUT2D eigenvalue weighted by Crippen LogP contribution is -2.44. The number of hydrogen-bond donors (Lipinski definition) is 1. The highest BCUT2D eigenvalue weighted by molar-refractivity contribution is 5.42. The molecule has 5 atom stereocenters. The normalized spacial score (nSPS) is 63.2. The first kappa shape index (κ1) is 9.94. The Hall–Kier alpha value is -0.0400. The van der Waals surface area contributed by atoms with E-state index in [9.17, 15) is 5.11 Å². The first-order chi connectivity index (χ1) is 7.32. The Labute approximate surface area is 98.6 Å². The molecule has 5 rings (SSSR count). The van der Waals surface area contributed by atoms with Crippen molar-refractivity contribution in [2.24, 2.45) is 33.5 Å². The van der Waals surface area contributed by atoms with Gasteiger partial charge < -0.3 is 5.11 Å². The van der Waals surface area contributed by atoms with Crippen LogP contribution in [-0.2, 0) is 0 Å². The van der Waals surface area contributed by atoms with E-state index >= 15 is 0 Å². The van der Waals surface area contributed by atoms with Crippen molar-refractivity contribution in [1.29, 1.82) is 0 Å². The van der Waals surface area contributed by atoms with Crippen LogP contribution in [0.25, 0.3) is 0 Å². The van der Waals surface area contributed by atoms with Gasteiger partial charge in [-0.15, -0.1) is 0 Å². The van der Waals surface area contributed by atoms with Gasteiger partial charge in [-0.1, -0.05) is 27.7 Å². The monoisotopic (exact) mass is 220 g/mol. The Morgan fingerprint density at radius 2 is 1.81 bits per heavy atom. The van der Waals surface area contributed by atoms with Gasteiger partial charge in [-0.3, -0.25) is 0 Å². The smallest absolute Gasteiger partial charge is 0.0610 e. The highest BCUT2D eigenvalue weighted by atomic mass is 16.3. The fourth-order valence-corrected chi connectivity index (χ4v) is 7.23. The SMILES string of the molecule is CC1(C)CCC(O)C23C4CC(CC412)C3(C)C. The minimum atomic E-state index is -0.00646. The van der Waals surface area contributed by atoms with Crippen molar-refractivity contribution in [3.05, 3.63) is 0 Å². The average Bonchev–Trinajstić information content (AvgIpc) is 2.47. The van der Waals surface area contributed by atoms with E-state index in [0.717, 1.165) is 18.3 Å². The van der Waals surface area contributed by atoms with Crippen LogP contribution in [0.2, 0.25) is 0 Å². The number of rotatable bonds is 0. The topological polar surface area (TPSA) is 20.2 Å². The predicted molar refractivity (Wildman–Crippen MR) is 63.9 cm³/mol. The summed E-state index contributed by atoms with van der Waals surface area (Å²) < 4.78 is 0. The molecule has 5 fully saturated rings. The highest BCUT2D eigenvalue weighted by Crippen LogP contribution is 2.99. The second kappa shape index (κ2) is 2.13. The summed E-state index contributed by atoms with van der Waals surface area (Å²) in [5.74, 6) is 1.75. The maximum absolute atomic E-state index is 10.6. The molecular weight excluding hydrogens is 196 g/mol. The molecule has 0 saturated heterocycles. The van der Waals surface area contributed by atoms with E-state index < -0.39 is 0 Å². The standard InChI is InChI=1S/C15H24O/c1-12(2)6-5-11(16)15-10-7-9(13(15,3)4)8-14(10,12)15/h9-11,16H,5-8H2,1-4H3. The van der Waals surface area contributed by atoms with Crippen LogP contribution >= 0.6 is 0 Å². The first-order valence-corrected chi connectivity index (χ1v) is 7.00. The van der Waals surface area contributed by atoms with Crippen molar-refractivity contribution < 1.29 is 5.11 Å². The minimum absolute atomic E-state index is 0.00646. The summed E-state index contributed by atoms with van der Waals surface area (Å²) in [5, 5.41) is 10.6. The van der Waals surface area contributed by atoms with E-state index in [1.807, 2.05) is 0 Å². The molecule has 5 aliphatic rings. The highest BCUT2D eigenvalue weighted by Gasteiger charge is 2.95. The van der Waals surface area contributed by atoms with Crippen LogP contribution in [0.1, 0.15) is 53.4 Å². The maximum Gasteiger partial charge on any atom is 0.0610 e. The zero-order valence-corrected chi connectivity index (χ0v) is 11.0. The molecule has 5 aliphatic carbocycles. The third kappa shape index (κ3) is 0.573. The molecule has 4 bridgehead atoms. The van der Waals surface area contributed by atoms with Gasteiger partial charge in [0.05, 0.1) is 6.10 Å². The van der Waals surface area contributed by atoms with Gasteiger partial charge in [0.15, 0.2) is 0 Å². The van der Waals surface area contributed by atoms with Gasteiger partial charge in [-0.2, -0.15) is 0 Å². The maximum atomic E-state index is 10.6. The lowest BCUT2D eigenvalue weighted by Gasteiger charge is -2.46. The molecule has 1 N–H and O–H groups in total. The first-order valence-electron chi connectivity index (χ1n) is 7.00. The van der Waals surface area contributed by atoms with E-state index in [4.69, 9.17) is 0 Å². The number of aliphatic hydroxyl groups is 1. The van der Waals surface area contributed by atoms with E-state index in [2.05, 4.69) is 27.7 Å². The Morgan fingerprint density at radius 3 is 2.38 bits per heavy atom. The second-order valence-electron chi connectivity index (χ2n) is 8.19. The van der Waals surface area contributed by atoms with Crippen molar-refractivity contribution in [2.75, 3.05) is 0 Å². The van der Waals surface area contributed by atoms with Crippen LogP contribution in [-0.4, -0.2) is 11.2 Å². The molecular formula is C15H24O. The molecule has 1 nitrogen and oxygen atoms in total. The summed E-state index contributed by atoms with van der Waals surface area (Å²) >= 11 is 0. The molecule has 0 aromatic carbocycles. The van der Waals surface area contributed by atoms with Gasteiger partial charge in [0.1, 0.15) is 0 Å². The van der Waals surface area contributed by atoms with Crippen molar-refractivity contribution in [2.45, 2.75) is 59.5 Å². The van der Waals surface area contributed by atoms with Gasteiger partial charge in [-0.05, 0) is 53.8 Å².